The maximum absolute atomic E-state index is 13.6. The van der Waals surface area contributed by atoms with E-state index in [0.717, 1.165) is 18.6 Å². The summed E-state index contributed by atoms with van der Waals surface area (Å²) in [4.78, 5) is 53.9. The summed E-state index contributed by atoms with van der Waals surface area (Å²) in [5.74, 6) is -2.90. The van der Waals surface area contributed by atoms with Crippen molar-refractivity contribution in [3.05, 3.63) is 42.0 Å². The summed E-state index contributed by atoms with van der Waals surface area (Å²) in [6.07, 6.45) is 0.507. The predicted molar refractivity (Wildman–Crippen MR) is 156 cm³/mol. The molecule has 2 heterocycles. The number of halogens is 3. The summed E-state index contributed by atoms with van der Waals surface area (Å²) in [6, 6.07) is 1.99. The van der Waals surface area contributed by atoms with Crippen molar-refractivity contribution in [2.45, 2.75) is 106 Å². The molecule has 2 aliphatic heterocycles. The number of sulfonamides is 1. The third-order valence-corrected chi connectivity index (χ3v) is 9.34. The zero-order valence-corrected chi connectivity index (χ0v) is 26.2. The van der Waals surface area contributed by atoms with Crippen LogP contribution in [0.25, 0.3) is 0 Å². The van der Waals surface area contributed by atoms with Crippen LogP contribution < -0.4 is 15.4 Å². The molecule has 15 heteroatoms. The van der Waals surface area contributed by atoms with E-state index >= 15 is 0 Å². The highest BCUT2D eigenvalue weighted by molar-refractivity contribution is 7.90. The number of hydrogen-bond acceptors (Lipinski definition) is 7. The number of rotatable bonds is 4. The number of nitrogens with zero attached hydrogens (tertiary/aromatic N) is 1. The summed E-state index contributed by atoms with van der Waals surface area (Å²) in [7, 11) is -4.74. The van der Waals surface area contributed by atoms with E-state index < -0.39 is 79.6 Å². The lowest BCUT2D eigenvalue weighted by Crippen LogP contribution is -2.57. The summed E-state index contributed by atoms with van der Waals surface area (Å²) in [6.45, 7) is 5.51. The number of ether oxygens (including phenoxy) is 1. The fourth-order valence-electron chi connectivity index (χ4n) is 5.61. The lowest BCUT2D eigenvalue weighted by molar-refractivity contribution is -0.146. The van der Waals surface area contributed by atoms with Gasteiger partial charge >= 0.3 is 12.3 Å². The topological polar surface area (TPSA) is 151 Å². The van der Waals surface area contributed by atoms with Gasteiger partial charge in [-0.15, -0.1) is 0 Å². The maximum atomic E-state index is 13.6. The molecule has 248 valence electrons. The van der Waals surface area contributed by atoms with E-state index in [1.165, 1.54) is 4.90 Å². The molecule has 0 radical (unpaired) electrons. The number of fused-ring (bicyclic) bond motifs is 2. The molecule has 4 unspecified atom stereocenters. The first-order valence-corrected chi connectivity index (χ1v) is 16.4. The Hall–Kier alpha value is -3.62. The standard InChI is InChI=1S/C30H39F3N4O7S/c1-28(2,3)35-27(41)44-23-15-8-6-4-5-7-11-20-18-29(20,34-24(38)22-14-10-16-37(22)25(23)39)26(40)36-45(42,43)21-13-9-12-19(17-21)30(31,32)33/h7,9,11-13,17,20,22-23H,4-6,8,10,14-16,18H2,1-3H3,(H,34,38)(H,35,41)(H,36,40)/b11-7+. The van der Waals surface area contributed by atoms with E-state index in [1.807, 2.05) is 10.8 Å². The number of benzene rings is 1. The summed E-state index contributed by atoms with van der Waals surface area (Å²) in [5.41, 5.74) is -3.50. The molecule has 45 heavy (non-hydrogen) atoms. The third kappa shape index (κ3) is 8.35. The quantitative estimate of drug-likeness (QED) is 0.418. The van der Waals surface area contributed by atoms with E-state index in [9.17, 15) is 40.8 Å². The number of carbonyl (C=O) groups is 4. The summed E-state index contributed by atoms with van der Waals surface area (Å²) < 4.78 is 73.0. The van der Waals surface area contributed by atoms with Crippen LogP contribution in [0.2, 0.25) is 0 Å². The fraction of sp³-hybridized carbons (Fsp3) is 0.600. The first-order valence-electron chi connectivity index (χ1n) is 15.0. The molecule has 1 aliphatic carbocycles. The van der Waals surface area contributed by atoms with Gasteiger partial charge in [0.05, 0.1) is 10.5 Å². The van der Waals surface area contributed by atoms with Crippen molar-refractivity contribution in [1.29, 1.82) is 0 Å². The van der Waals surface area contributed by atoms with Crippen LogP contribution in [0.4, 0.5) is 18.0 Å². The second kappa shape index (κ2) is 13.0. The molecule has 0 aromatic heterocycles. The van der Waals surface area contributed by atoms with Crippen LogP contribution in [0.1, 0.15) is 77.7 Å². The molecule has 1 aromatic rings. The molecule has 3 aliphatic rings. The zero-order valence-electron chi connectivity index (χ0n) is 25.4. The van der Waals surface area contributed by atoms with Crippen molar-refractivity contribution < 1.29 is 45.5 Å². The number of hydrogen-bond donors (Lipinski definition) is 3. The maximum Gasteiger partial charge on any atom is 0.416 e. The van der Waals surface area contributed by atoms with Gasteiger partial charge in [0.15, 0.2) is 6.10 Å². The Bertz CT molecular complexity index is 1460. The minimum atomic E-state index is -4.80. The molecule has 1 aromatic carbocycles. The van der Waals surface area contributed by atoms with Crippen LogP contribution in [-0.2, 0) is 35.3 Å². The molecule has 1 saturated carbocycles. The van der Waals surface area contributed by atoms with Gasteiger partial charge in [-0.2, -0.15) is 13.2 Å². The van der Waals surface area contributed by atoms with Crippen molar-refractivity contribution >= 4 is 33.8 Å². The van der Waals surface area contributed by atoms with E-state index in [4.69, 9.17) is 4.74 Å². The Morgan fingerprint density at radius 2 is 1.80 bits per heavy atom. The van der Waals surface area contributed by atoms with Gasteiger partial charge in [0, 0.05) is 18.0 Å². The molecule has 0 spiro atoms. The molecular weight excluding hydrogens is 617 g/mol. The van der Waals surface area contributed by atoms with Crippen molar-refractivity contribution in [2.24, 2.45) is 5.92 Å². The average Bonchev–Trinajstić information content (AvgIpc) is 3.39. The number of amides is 4. The van der Waals surface area contributed by atoms with E-state index in [-0.39, 0.29) is 25.8 Å². The Kier molecular flexibility index (Phi) is 9.90. The summed E-state index contributed by atoms with van der Waals surface area (Å²) >= 11 is 0. The van der Waals surface area contributed by atoms with Crippen LogP contribution in [0.5, 0.6) is 0 Å². The van der Waals surface area contributed by atoms with Crippen molar-refractivity contribution in [3.63, 3.8) is 0 Å². The van der Waals surface area contributed by atoms with Crippen LogP contribution in [-0.4, -0.2) is 66.9 Å². The first-order chi connectivity index (χ1) is 20.9. The van der Waals surface area contributed by atoms with E-state index in [0.29, 0.717) is 37.8 Å². The minimum absolute atomic E-state index is 0.0541. The lowest BCUT2D eigenvalue weighted by atomic mass is 10.1. The molecule has 4 atom stereocenters. The molecule has 4 rings (SSSR count). The zero-order chi connectivity index (χ0) is 33.2. The molecule has 1 saturated heterocycles. The van der Waals surface area contributed by atoms with Crippen LogP contribution >= 0.6 is 0 Å². The van der Waals surface area contributed by atoms with Gasteiger partial charge in [-0.3, -0.25) is 14.4 Å². The Morgan fingerprint density at radius 3 is 2.49 bits per heavy atom. The molecular formula is C30H39F3N4O7S. The van der Waals surface area contributed by atoms with Crippen molar-refractivity contribution in [1.82, 2.24) is 20.3 Å². The Morgan fingerprint density at radius 1 is 1.07 bits per heavy atom. The molecule has 4 amide bonds. The van der Waals surface area contributed by atoms with E-state index in [1.54, 1.807) is 26.8 Å². The van der Waals surface area contributed by atoms with Gasteiger partial charge in [0.1, 0.15) is 11.6 Å². The second-order valence-corrected chi connectivity index (χ2v) is 14.4. The van der Waals surface area contributed by atoms with Crippen LogP contribution in [0.3, 0.4) is 0 Å². The molecule has 0 bridgehead atoms. The van der Waals surface area contributed by atoms with Gasteiger partial charge in [-0.1, -0.05) is 24.6 Å². The highest BCUT2D eigenvalue weighted by Crippen LogP contribution is 2.46. The highest BCUT2D eigenvalue weighted by atomic mass is 32.2. The first kappa shape index (κ1) is 34.3. The third-order valence-electron chi connectivity index (χ3n) is 8.01. The Balaban J connectivity index is 1.57. The Labute approximate surface area is 260 Å². The normalized spacial score (nSPS) is 27.2. The van der Waals surface area contributed by atoms with Gasteiger partial charge in [-0.05, 0) is 83.9 Å². The van der Waals surface area contributed by atoms with Gasteiger partial charge < -0.3 is 20.3 Å². The smallest absolute Gasteiger partial charge is 0.416 e. The highest BCUT2D eigenvalue weighted by Gasteiger charge is 2.61. The van der Waals surface area contributed by atoms with Crippen molar-refractivity contribution in [3.8, 4) is 0 Å². The number of alkyl halides is 3. The SMILES string of the molecule is CC(C)(C)NC(=O)OC1CCCCC/C=C/C2CC2(C(=O)NS(=O)(=O)c2cccc(C(F)(F)F)c2)NC(=O)C2CCCN2C1=O. The van der Waals surface area contributed by atoms with Gasteiger partial charge in [0.25, 0.3) is 21.8 Å². The van der Waals surface area contributed by atoms with Crippen LogP contribution in [0.15, 0.2) is 41.3 Å². The van der Waals surface area contributed by atoms with Gasteiger partial charge in [-0.25, -0.2) is 17.9 Å². The number of carbonyl (C=O) groups excluding carboxylic acids is 4. The minimum Gasteiger partial charge on any atom is -0.436 e. The number of allylic oxidation sites excluding steroid dienone is 1. The molecule has 3 N–H and O–H groups in total. The second-order valence-electron chi connectivity index (χ2n) is 12.8. The monoisotopic (exact) mass is 656 g/mol. The van der Waals surface area contributed by atoms with E-state index in [2.05, 4.69) is 10.6 Å². The largest absolute Gasteiger partial charge is 0.436 e. The average molecular weight is 657 g/mol. The fourth-order valence-corrected chi connectivity index (χ4v) is 6.70. The predicted octanol–water partition coefficient (Wildman–Crippen LogP) is 3.79. The molecule has 2 fully saturated rings. The molecule has 11 nitrogen and oxygen atoms in total. The lowest BCUT2D eigenvalue weighted by Gasteiger charge is -2.30. The van der Waals surface area contributed by atoms with Gasteiger partial charge in [0.2, 0.25) is 5.91 Å². The summed E-state index contributed by atoms with van der Waals surface area (Å²) in [5, 5.41) is 5.33. The van der Waals surface area contributed by atoms with Crippen molar-refractivity contribution in [2.75, 3.05) is 6.54 Å². The number of alkyl carbamates (subject to hydrolysis) is 1. The number of nitrogens with one attached hydrogen (secondary N) is 3. The van der Waals surface area contributed by atoms with Crippen LogP contribution in [0, 0.1) is 5.92 Å².